The second kappa shape index (κ2) is 10.9. The van der Waals surface area contributed by atoms with Crippen molar-refractivity contribution in [3.05, 3.63) is 47.7 Å². The minimum absolute atomic E-state index is 0.627. The first-order valence-corrected chi connectivity index (χ1v) is 14.5. The van der Waals surface area contributed by atoms with Crippen LogP contribution in [0.3, 0.4) is 0 Å². The van der Waals surface area contributed by atoms with Crippen LogP contribution in [0.5, 0.6) is 0 Å². The Morgan fingerprint density at radius 1 is 0.971 bits per heavy atom. The minimum Gasteiger partial charge on any atom is -0.386 e. The van der Waals surface area contributed by atoms with E-state index in [9.17, 15) is 0 Å². The summed E-state index contributed by atoms with van der Waals surface area (Å²) in [6.07, 6.45) is 24.2. The van der Waals surface area contributed by atoms with E-state index >= 15 is 0 Å². The molecule has 0 spiro atoms. The van der Waals surface area contributed by atoms with Crippen molar-refractivity contribution in [2.75, 3.05) is 0 Å². The van der Waals surface area contributed by atoms with Gasteiger partial charge in [0.15, 0.2) is 0 Å². The van der Waals surface area contributed by atoms with Gasteiger partial charge in [-0.05, 0) is 86.7 Å². The zero-order valence-electron chi connectivity index (χ0n) is 21.9. The van der Waals surface area contributed by atoms with E-state index in [1.54, 1.807) is 5.70 Å². The number of hydrogen-bond donors (Lipinski definition) is 1. The molecule has 0 bridgehead atoms. The van der Waals surface area contributed by atoms with Gasteiger partial charge in [0, 0.05) is 23.9 Å². The van der Waals surface area contributed by atoms with Crippen molar-refractivity contribution < 1.29 is 0 Å². The second-order valence-electron chi connectivity index (χ2n) is 12.0. The second-order valence-corrected chi connectivity index (χ2v) is 12.0. The summed E-state index contributed by atoms with van der Waals surface area (Å²) >= 11 is 0. The number of allylic oxidation sites excluding steroid dienone is 2. The van der Waals surface area contributed by atoms with Crippen molar-refractivity contribution in [1.82, 2.24) is 14.7 Å². The van der Waals surface area contributed by atoms with Crippen LogP contribution >= 0.6 is 0 Å². The van der Waals surface area contributed by atoms with E-state index in [1.807, 2.05) is 0 Å². The maximum absolute atomic E-state index is 5.02. The summed E-state index contributed by atoms with van der Waals surface area (Å²) in [5.41, 5.74) is 4.47. The van der Waals surface area contributed by atoms with Crippen molar-refractivity contribution in [3.63, 3.8) is 0 Å². The topological polar surface area (TPSA) is 29.3 Å². The molecule has 6 unspecified atom stereocenters. The zero-order valence-corrected chi connectivity index (χ0v) is 21.9. The zero-order chi connectivity index (χ0) is 23.5. The standard InChI is InChI=1S/C31H47N3/c1-4-9-29(33-27-15-6-11-23(3)19-27)25-13-7-12-24(20-25)28-16-8-17-34-30(28)21-32-31(34)26-14-5-10-22(2)18-26/h8-9,16-17,21-27,33H,4-7,10-15,18-20H2,1-3H3/b29-9+. The largest absolute Gasteiger partial charge is 0.386 e. The number of imidazole rings is 1. The quantitative estimate of drug-likeness (QED) is 0.468. The highest BCUT2D eigenvalue weighted by Gasteiger charge is 2.30. The molecule has 34 heavy (non-hydrogen) atoms. The van der Waals surface area contributed by atoms with Crippen LogP contribution in [-0.2, 0) is 0 Å². The van der Waals surface area contributed by atoms with Crippen molar-refractivity contribution >= 4 is 5.52 Å². The molecule has 0 radical (unpaired) electrons. The molecule has 0 aliphatic heterocycles. The van der Waals surface area contributed by atoms with Gasteiger partial charge in [0.2, 0.25) is 0 Å². The first-order chi connectivity index (χ1) is 16.6. The van der Waals surface area contributed by atoms with E-state index in [2.05, 4.69) is 61.1 Å². The molecule has 2 aromatic rings. The number of aromatic nitrogens is 2. The van der Waals surface area contributed by atoms with Gasteiger partial charge in [-0.3, -0.25) is 0 Å². The summed E-state index contributed by atoms with van der Waals surface area (Å²) in [7, 11) is 0. The normalized spacial score (nSPS) is 33.2. The van der Waals surface area contributed by atoms with Crippen molar-refractivity contribution in [1.29, 1.82) is 0 Å². The fourth-order valence-corrected chi connectivity index (χ4v) is 7.50. The third kappa shape index (κ3) is 5.24. The highest BCUT2D eigenvalue weighted by Crippen LogP contribution is 2.42. The molecule has 1 N–H and O–H groups in total. The molecular weight excluding hydrogens is 414 g/mol. The summed E-state index contributed by atoms with van der Waals surface area (Å²) in [6.45, 7) is 7.15. The summed E-state index contributed by atoms with van der Waals surface area (Å²) < 4.78 is 2.45. The fraction of sp³-hybridized carbons (Fsp3) is 0.710. The van der Waals surface area contributed by atoms with Crippen molar-refractivity contribution in [3.8, 4) is 0 Å². The first-order valence-electron chi connectivity index (χ1n) is 14.5. The SMILES string of the molecule is CC/C=C(/NC1CCCC(C)C1)C1CCCC(c2cccn3c(C4CCCC(C)C4)ncc23)C1. The van der Waals surface area contributed by atoms with Crippen LogP contribution < -0.4 is 5.32 Å². The highest BCUT2D eigenvalue weighted by molar-refractivity contribution is 5.56. The molecular formula is C31H47N3. The molecule has 3 heteroatoms. The molecule has 2 heterocycles. The Morgan fingerprint density at radius 2 is 1.74 bits per heavy atom. The van der Waals surface area contributed by atoms with Crippen LogP contribution in [0.2, 0.25) is 0 Å². The molecule has 186 valence electrons. The Balaban J connectivity index is 1.34. The number of rotatable bonds is 6. The van der Waals surface area contributed by atoms with Gasteiger partial charge in [0.1, 0.15) is 5.82 Å². The Labute approximate surface area is 207 Å². The lowest BCUT2D eigenvalue weighted by Crippen LogP contribution is -2.36. The average molecular weight is 462 g/mol. The Hall–Kier alpha value is -1.77. The highest BCUT2D eigenvalue weighted by atomic mass is 15.0. The number of fused-ring (bicyclic) bond motifs is 1. The molecule has 6 atom stereocenters. The van der Waals surface area contributed by atoms with Gasteiger partial charge in [-0.1, -0.05) is 65.0 Å². The Kier molecular flexibility index (Phi) is 7.66. The first kappa shape index (κ1) is 23.9. The van der Waals surface area contributed by atoms with Gasteiger partial charge in [-0.15, -0.1) is 0 Å². The average Bonchev–Trinajstić information content (AvgIpc) is 3.28. The van der Waals surface area contributed by atoms with Crippen molar-refractivity contribution in [2.24, 2.45) is 17.8 Å². The lowest BCUT2D eigenvalue weighted by atomic mass is 9.76. The van der Waals surface area contributed by atoms with E-state index in [0.29, 0.717) is 23.8 Å². The van der Waals surface area contributed by atoms with Crippen LogP contribution in [0.25, 0.3) is 5.52 Å². The molecule has 3 saturated carbocycles. The molecule has 0 aromatic carbocycles. The van der Waals surface area contributed by atoms with E-state index in [4.69, 9.17) is 4.98 Å². The summed E-state index contributed by atoms with van der Waals surface area (Å²) in [5, 5.41) is 4.06. The van der Waals surface area contributed by atoms with Crippen LogP contribution in [-0.4, -0.2) is 15.4 Å². The maximum Gasteiger partial charge on any atom is 0.116 e. The summed E-state index contributed by atoms with van der Waals surface area (Å²) in [6, 6.07) is 5.37. The lowest BCUT2D eigenvalue weighted by molar-refractivity contribution is 0.289. The van der Waals surface area contributed by atoms with Gasteiger partial charge in [-0.25, -0.2) is 4.98 Å². The summed E-state index contributed by atoms with van der Waals surface area (Å²) in [5.74, 6) is 4.96. The Bertz CT molecular complexity index is 972. The molecule has 2 aromatic heterocycles. The lowest BCUT2D eigenvalue weighted by Gasteiger charge is -2.36. The summed E-state index contributed by atoms with van der Waals surface area (Å²) in [4.78, 5) is 5.02. The maximum atomic E-state index is 5.02. The fourth-order valence-electron chi connectivity index (χ4n) is 7.50. The Morgan fingerprint density at radius 3 is 2.53 bits per heavy atom. The third-order valence-corrected chi connectivity index (χ3v) is 9.22. The van der Waals surface area contributed by atoms with Crippen LogP contribution in [0.15, 0.2) is 36.3 Å². The predicted molar refractivity (Wildman–Crippen MR) is 143 cm³/mol. The van der Waals surface area contributed by atoms with Crippen LogP contribution in [0, 0.1) is 17.8 Å². The van der Waals surface area contributed by atoms with E-state index in [-0.39, 0.29) is 0 Å². The molecule has 3 fully saturated rings. The van der Waals surface area contributed by atoms with Crippen LogP contribution in [0.4, 0.5) is 0 Å². The van der Waals surface area contributed by atoms with Crippen LogP contribution in [0.1, 0.15) is 127 Å². The molecule has 3 nitrogen and oxygen atoms in total. The predicted octanol–water partition coefficient (Wildman–Crippen LogP) is 8.36. The number of nitrogens with zero attached hydrogens (tertiary/aromatic N) is 2. The molecule has 0 saturated heterocycles. The third-order valence-electron chi connectivity index (χ3n) is 9.22. The number of pyridine rings is 1. The molecule has 3 aliphatic carbocycles. The van der Waals surface area contributed by atoms with E-state index in [1.165, 1.54) is 94.0 Å². The molecule has 5 rings (SSSR count). The minimum atomic E-state index is 0.627. The van der Waals surface area contributed by atoms with Gasteiger partial charge in [0.25, 0.3) is 0 Å². The van der Waals surface area contributed by atoms with Gasteiger partial charge in [0.05, 0.1) is 11.7 Å². The molecule has 0 amide bonds. The van der Waals surface area contributed by atoms with Gasteiger partial charge in [-0.2, -0.15) is 0 Å². The van der Waals surface area contributed by atoms with E-state index in [0.717, 1.165) is 18.3 Å². The molecule has 3 aliphatic rings. The number of hydrogen-bond acceptors (Lipinski definition) is 2. The van der Waals surface area contributed by atoms with Gasteiger partial charge < -0.3 is 9.72 Å². The van der Waals surface area contributed by atoms with E-state index < -0.39 is 0 Å². The smallest absolute Gasteiger partial charge is 0.116 e. The monoisotopic (exact) mass is 461 g/mol. The number of nitrogens with one attached hydrogen (secondary N) is 1. The van der Waals surface area contributed by atoms with Gasteiger partial charge >= 0.3 is 0 Å². The van der Waals surface area contributed by atoms with Crippen molar-refractivity contribution in [2.45, 2.75) is 122 Å².